The maximum atomic E-state index is 12.8. The van der Waals surface area contributed by atoms with Crippen molar-refractivity contribution in [1.29, 1.82) is 0 Å². The third-order valence-corrected chi connectivity index (χ3v) is 5.47. The summed E-state index contributed by atoms with van der Waals surface area (Å²) in [5.41, 5.74) is 2.94. The summed E-state index contributed by atoms with van der Waals surface area (Å²) in [6, 6.07) is 19.5. The van der Waals surface area contributed by atoms with Crippen molar-refractivity contribution in [3.63, 3.8) is 0 Å². The van der Waals surface area contributed by atoms with Gasteiger partial charge in [-0.1, -0.05) is 24.3 Å². The largest absolute Gasteiger partial charge is 0.496 e. The molecule has 2 amide bonds. The molecule has 178 valence electrons. The van der Waals surface area contributed by atoms with Gasteiger partial charge in [0.05, 0.1) is 14.2 Å². The van der Waals surface area contributed by atoms with E-state index in [4.69, 9.17) is 26.1 Å². The highest BCUT2D eigenvalue weighted by Gasteiger charge is 2.19. The van der Waals surface area contributed by atoms with Crippen molar-refractivity contribution in [2.45, 2.75) is 6.92 Å². The molecule has 3 N–H and O–H groups in total. The number of fused-ring (bicyclic) bond motifs is 1. The summed E-state index contributed by atoms with van der Waals surface area (Å²) >= 11 is 5.31. The first-order valence-electron chi connectivity index (χ1n) is 10.6. The molecule has 8 nitrogen and oxygen atoms in total. The van der Waals surface area contributed by atoms with Crippen LogP contribution < -0.4 is 25.4 Å². The predicted octanol–water partition coefficient (Wildman–Crippen LogP) is 5.14. The summed E-state index contributed by atoms with van der Waals surface area (Å²) in [4.78, 5) is 25.4. The van der Waals surface area contributed by atoms with Gasteiger partial charge in [0, 0.05) is 16.8 Å². The fourth-order valence-corrected chi connectivity index (χ4v) is 3.77. The van der Waals surface area contributed by atoms with Gasteiger partial charge in [-0.05, 0) is 67.2 Å². The van der Waals surface area contributed by atoms with E-state index < -0.39 is 5.91 Å². The number of aryl methyl sites for hydroxylation is 1. The quantitative estimate of drug-likeness (QED) is 0.323. The number of amides is 2. The molecule has 0 aliphatic rings. The number of hydrogen-bond donors (Lipinski definition) is 3. The topological polar surface area (TPSA) is 102 Å². The third-order valence-electron chi connectivity index (χ3n) is 5.26. The molecule has 0 unspecified atom stereocenters. The minimum atomic E-state index is -0.469. The Balaban J connectivity index is 1.42. The van der Waals surface area contributed by atoms with E-state index in [-0.39, 0.29) is 22.3 Å². The first-order valence-corrected chi connectivity index (χ1v) is 11.0. The van der Waals surface area contributed by atoms with E-state index in [0.29, 0.717) is 28.5 Å². The van der Waals surface area contributed by atoms with Crippen molar-refractivity contribution < 1.29 is 23.5 Å². The molecule has 0 fully saturated rings. The number of benzene rings is 3. The van der Waals surface area contributed by atoms with Gasteiger partial charge >= 0.3 is 0 Å². The second-order valence-corrected chi connectivity index (χ2v) is 7.99. The maximum Gasteiger partial charge on any atom is 0.291 e. The van der Waals surface area contributed by atoms with Gasteiger partial charge in [0.1, 0.15) is 22.6 Å². The van der Waals surface area contributed by atoms with Crippen LogP contribution in [0.4, 0.5) is 11.4 Å². The van der Waals surface area contributed by atoms with Crippen LogP contribution in [0.25, 0.3) is 11.0 Å². The number of hydrogen-bond acceptors (Lipinski definition) is 6. The predicted molar refractivity (Wildman–Crippen MR) is 139 cm³/mol. The Kier molecular flexibility index (Phi) is 6.98. The summed E-state index contributed by atoms with van der Waals surface area (Å²) in [6.45, 7) is 1.85. The van der Waals surface area contributed by atoms with Crippen LogP contribution in [0.2, 0.25) is 0 Å². The number of methoxy groups -OCH3 is 2. The van der Waals surface area contributed by atoms with Crippen LogP contribution in [-0.2, 0) is 0 Å². The highest BCUT2D eigenvalue weighted by molar-refractivity contribution is 7.80. The van der Waals surface area contributed by atoms with Crippen LogP contribution in [0.1, 0.15) is 26.5 Å². The lowest BCUT2D eigenvalue weighted by atomic mass is 10.1. The Labute approximate surface area is 207 Å². The number of rotatable bonds is 6. The Morgan fingerprint density at radius 2 is 1.57 bits per heavy atom. The fourth-order valence-electron chi connectivity index (χ4n) is 3.56. The minimum absolute atomic E-state index is 0.0985. The Bertz CT molecular complexity index is 1370. The van der Waals surface area contributed by atoms with Crippen LogP contribution in [0.5, 0.6) is 11.5 Å². The molecule has 3 aromatic carbocycles. The van der Waals surface area contributed by atoms with Gasteiger partial charge in [-0.25, -0.2) is 0 Å². The normalized spacial score (nSPS) is 10.5. The summed E-state index contributed by atoms with van der Waals surface area (Å²) < 4.78 is 16.2. The Morgan fingerprint density at radius 3 is 2.23 bits per heavy atom. The van der Waals surface area contributed by atoms with E-state index in [1.165, 1.54) is 14.2 Å². The standard InChI is InChI=1S/C26H23N3O5S/c1-15-13-17(27-26(35)29-25(31)23-20(32-2)9-6-10-21(23)33-3)11-12-18(15)28-24(30)22-14-16-7-4-5-8-19(16)34-22/h4-14H,1-3H3,(H,28,30)(H2,27,29,31,35). The van der Waals surface area contributed by atoms with E-state index in [9.17, 15) is 9.59 Å². The molecule has 0 radical (unpaired) electrons. The molecule has 4 aromatic rings. The number of furan rings is 1. The van der Waals surface area contributed by atoms with Gasteiger partial charge in [-0.3, -0.25) is 14.9 Å². The zero-order chi connectivity index (χ0) is 24.9. The summed E-state index contributed by atoms with van der Waals surface area (Å²) in [5, 5.41) is 9.42. The number of para-hydroxylation sites is 1. The molecule has 0 aliphatic carbocycles. The van der Waals surface area contributed by atoms with E-state index >= 15 is 0 Å². The van der Waals surface area contributed by atoms with E-state index in [2.05, 4.69) is 16.0 Å². The maximum absolute atomic E-state index is 12.8. The van der Waals surface area contributed by atoms with Gasteiger partial charge in [0.2, 0.25) is 0 Å². The molecule has 9 heteroatoms. The van der Waals surface area contributed by atoms with Gasteiger partial charge in [0.15, 0.2) is 10.9 Å². The average molecular weight is 490 g/mol. The highest BCUT2D eigenvalue weighted by atomic mass is 32.1. The third kappa shape index (κ3) is 5.25. The molecular weight excluding hydrogens is 466 g/mol. The van der Waals surface area contributed by atoms with Crippen LogP contribution in [0.15, 0.2) is 71.1 Å². The summed E-state index contributed by atoms with van der Waals surface area (Å²) in [7, 11) is 2.94. The molecule has 0 spiro atoms. The van der Waals surface area contributed by atoms with Gasteiger partial charge < -0.3 is 24.5 Å². The van der Waals surface area contributed by atoms with Gasteiger partial charge in [-0.2, -0.15) is 0 Å². The number of carbonyl (C=O) groups excluding carboxylic acids is 2. The second kappa shape index (κ2) is 10.3. The molecule has 35 heavy (non-hydrogen) atoms. The lowest BCUT2D eigenvalue weighted by Gasteiger charge is -2.15. The second-order valence-electron chi connectivity index (χ2n) is 7.58. The molecular formula is C26H23N3O5S. The minimum Gasteiger partial charge on any atom is -0.496 e. The summed E-state index contributed by atoms with van der Waals surface area (Å²) in [5.74, 6) is 0.139. The zero-order valence-corrected chi connectivity index (χ0v) is 20.1. The molecule has 0 saturated heterocycles. The lowest BCUT2D eigenvalue weighted by Crippen LogP contribution is -2.34. The lowest BCUT2D eigenvalue weighted by molar-refractivity contribution is 0.0969. The number of carbonyl (C=O) groups is 2. The molecule has 1 aromatic heterocycles. The van der Waals surface area contributed by atoms with Crippen LogP contribution in [0.3, 0.4) is 0 Å². The summed E-state index contributed by atoms with van der Waals surface area (Å²) in [6.07, 6.45) is 0. The van der Waals surface area contributed by atoms with Crippen molar-refractivity contribution >= 4 is 51.5 Å². The van der Waals surface area contributed by atoms with Crippen LogP contribution in [0, 0.1) is 6.92 Å². The van der Waals surface area contributed by atoms with Gasteiger partial charge in [0.25, 0.3) is 11.8 Å². The molecule has 0 saturated carbocycles. The highest BCUT2D eigenvalue weighted by Crippen LogP contribution is 2.28. The molecule has 1 heterocycles. The number of ether oxygens (including phenoxy) is 2. The van der Waals surface area contributed by atoms with E-state index in [0.717, 1.165) is 10.9 Å². The first kappa shape index (κ1) is 23.8. The molecule has 0 bridgehead atoms. The average Bonchev–Trinajstić information content (AvgIpc) is 3.29. The van der Waals surface area contributed by atoms with Crippen LogP contribution in [-0.4, -0.2) is 31.1 Å². The van der Waals surface area contributed by atoms with Crippen molar-refractivity contribution in [2.24, 2.45) is 0 Å². The van der Waals surface area contributed by atoms with Crippen molar-refractivity contribution in [1.82, 2.24) is 5.32 Å². The van der Waals surface area contributed by atoms with E-state index in [1.54, 1.807) is 42.5 Å². The van der Waals surface area contributed by atoms with Crippen molar-refractivity contribution in [3.05, 3.63) is 83.6 Å². The fraction of sp³-hybridized carbons (Fsp3) is 0.115. The molecule has 4 rings (SSSR count). The van der Waals surface area contributed by atoms with Crippen LogP contribution >= 0.6 is 12.2 Å². The number of anilines is 2. The monoisotopic (exact) mass is 489 g/mol. The van der Waals surface area contributed by atoms with Gasteiger partial charge in [-0.15, -0.1) is 0 Å². The van der Waals surface area contributed by atoms with E-state index in [1.807, 2.05) is 31.2 Å². The molecule has 0 atom stereocenters. The Hall–Kier alpha value is -4.37. The number of nitrogens with one attached hydrogen (secondary N) is 3. The number of thiocarbonyl (C=S) groups is 1. The Morgan fingerprint density at radius 1 is 0.857 bits per heavy atom. The molecule has 0 aliphatic heterocycles. The zero-order valence-electron chi connectivity index (χ0n) is 19.3. The smallest absolute Gasteiger partial charge is 0.291 e. The first-order chi connectivity index (χ1) is 16.9. The van der Waals surface area contributed by atoms with Crippen molar-refractivity contribution in [3.8, 4) is 11.5 Å². The SMILES string of the molecule is COc1cccc(OC)c1C(=O)NC(=S)Nc1ccc(NC(=O)c2cc3ccccc3o2)c(C)c1. The van der Waals surface area contributed by atoms with Crippen molar-refractivity contribution in [2.75, 3.05) is 24.9 Å².